The minimum Gasteiger partial charge on any atom is -0.383 e. The number of benzene rings is 1. The van der Waals surface area contributed by atoms with Crippen LogP contribution >= 0.6 is 0 Å². The van der Waals surface area contributed by atoms with Crippen LogP contribution in [-0.2, 0) is 0 Å². The number of pyridine rings is 1. The minimum atomic E-state index is -0.370. The van der Waals surface area contributed by atoms with Crippen molar-refractivity contribution in [3.63, 3.8) is 0 Å². The Bertz CT molecular complexity index is 1500. The number of anilines is 1. The summed E-state index contributed by atoms with van der Waals surface area (Å²) >= 11 is 0. The van der Waals surface area contributed by atoms with Gasteiger partial charge in [0, 0.05) is 11.8 Å². The van der Waals surface area contributed by atoms with E-state index in [9.17, 15) is 9.65 Å². The Morgan fingerprint density at radius 1 is 1.12 bits per heavy atom. The molecule has 5 aromatic rings. The van der Waals surface area contributed by atoms with Gasteiger partial charge in [0.15, 0.2) is 5.65 Å². The van der Waals surface area contributed by atoms with Crippen LogP contribution in [0.1, 0.15) is 24.2 Å². The SMILES string of the molecule is CC(c1cnn(-c2ccccc2F)c1)n1nc(-c2cccc(C#N)n2)c2c(N)ncnc21. The number of hydrogen-bond donors (Lipinski definition) is 1. The highest BCUT2D eigenvalue weighted by atomic mass is 19.1. The molecule has 0 saturated carbocycles. The van der Waals surface area contributed by atoms with E-state index in [1.807, 2.05) is 13.0 Å². The second-order valence-corrected chi connectivity index (χ2v) is 7.12. The Labute approximate surface area is 181 Å². The van der Waals surface area contributed by atoms with Gasteiger partial charge in [-0.1, -0.05) is 18.2 Å². The Hall–Kier alpha value is -4.65. The summed E-state index contributed by atoms with van der Waals surface area (Å²) in [5, 5.41) is 18.8. The van der Waals surface area contributed by atoms with Crippen LogP contribution in [0.15, 0.2) is 61.2 Å². The fraction of sp³-hybridized carbons (Fsp3) is 0.0909. The van der Waals surface area contributed by atoms with Crippen molar-refractivity contribution in [3.8, 4) is 23.1 Å². The molecule has 0 saturated heterocycles. The maximum absolute atomic E-state index is 14.2. The van der Waals surface area contributed by atoms with Gasteiger partial charge < -0.3 is 5.73 Å². The number of nitrogens with zero attached hydrogens (tertiary/aromatic N) is 8. The fourth-order valence-electron chi connectivity index (χ4n) is 3.54. The maximum atomic E-state index is 14.2. The van der Waals surface area contributed by atoms with E-state index in [2.05, 4.69) is 20.1 Å². The van der Waals surface area contributed by atoms with E-state index in [0.29, 0.717) is 28.1 Å². The first kappa shape index (κ1) is 19.3. The Morgan fingerprint density at radius 2 is 1.97 bits per heavy atom. The zero-order chi connectivity index (χ0) is 22.2. The van der Waals surface area contributed by atoms with E-state index < -0.39 is 0 Å². The molecule has 1 aromatic carbocycles. The highest BCUT2D eigenvalue weighted by Gasteiger charge is 2.22. The van der Waals surface area contributed by atoms with Crippen LogP contribution in [0.5, 0.6) is 0 Å². The maximum Gasteiger partial charge on any atom is 0.164 e. The lowest BCUT2D eigenvalue weighted by molar-refractivity contribution is 0.579. The van der Waals surface area contributed by atoms with Crippen LogP contribution in [0.3, 0.4) is 0 Å². The molecule has 156 valence electrons. The molecule has 0 radical (unpaired) electrons. The molecule has 0 amide bonds. The minimum absolute atomic E-state index is 0.259. The molecule has 2 N–H and O–H groups in total. The Morgan fingerprint density at radius 3 is 2.78 bits per heavy atom. The molecular formula is C22H16FN9. The highest BCUT2D eigenvalue weighted by Crippen LogP contribution is 2.32. The lowest BCUT2D eigenvalue weighted by atomic mass is 10.2. The van der Waals surface area contributed by atoms with Gasteiger partial charge in [-0.2, -0.15) is 15.5 Å². The first-order valence-electron chi connectivity index (χ1n) is 9.72. The van der Waals surface area contributed by atoms with E-state index >= 15 is 0 Å². The number of fused-ring (bicyclic) bond motifs is 1. The first-order valence-corrected chi connectivity index (χ1v) is 9.72. The largest absolute Gasteiger partial charge is 0.383 e. The number of halogens is 1. The van der Waals surface area contributed by atoms with Crippen LogP contribution in [0.25, 0.3) is 28.1 Å². The summed E-state index contributed by atoms with van der Waals surface area (Å²) in [7, 11) is 0. The average Bonchev–Trinajstić information content (AvgIpc) is 3.45. The van der Waals surface area contributed by atoms with Crippen molar-refractivity contribution >= 4 is 16.9 Å². The predicted octanol–water partition coefficient (Wildman–Crippen LogP) is 3.28. The van der Waals surface area contributed by atoms with Gasteiger partial charge in [0.25, 0.3) is 0 Å². The lowest BCUT2D eigenvalue weighted by Gasteiger charge is -2.11. The van der Waals surface area contributed by atoms with Crippen molar-refractivity contribution in [2.45, 2.75) is 13.0 Å². The van der Waals surface area contributed by atoms with E-state index in [1.54, 1.807) is 53.5 Å². The smallest absolute Gasteiger partial charge is 0.164 e. The normalized spacial score (nSPS) is 12.0. The number of nitriles is 1. The van der Waals surface area contributed by atoms with Crippen molar-refractivity contribution < 1.29 is 4.39 Å². The second kappa shape index (κ2) is 7.55. The fourth-order valence-corrected chi connectivity index (χ4v) is 3.54. The summed E-state index contributed by atoms with van der Waals surface area (Å²) < 4.78 is 17.4. The van der Waals surface area contributed by atoms with E-state index in [1.165, 1.54) is 17.1 Å². The van der Waals surface area contributed by atoms with Crippen LogP contribution < -0.4 is 5.73 Å². The zero-order valence-electron chi connectivity index (χ0n) is 16.9. The Balaban J connectivity index is 1.63. The molecule has 9 nitrogen and oxygen atoms in total. The molecule has 4 aromatic heterocycles. The van der Waals surface area contributed by atoms with Gasteiger partial charge in [0.05, 0.1) is 23.3 Å². The molecule has 32 heavy (non-hydrogen) atoms. The summed E-state index contributed by atoms with van der Waals surface area (Å²) in [6.07, 6.45) is 4.77. The molecule has 5 rings (SSSR count). The third-order valence-corrected chi connectivity index (χ3v) is 5.18. The summed E-state index contributed by atoms with van der Waals surface area (Å²) in [5.74, 6) is -0.111. The first-order chi connectivity index (χ1) is 15.6. The molecule has 0 fully saturated rings. The van der Waals surface area contributed by atoms with E-state index in [0.717, 1.165) is 5.56 Å². The quantitative estimate of drug-likeness (QED) is 0.468. The number of para-hydroxylation sites is 1. The van der Waals surface area contributed by atoms with Gasteiger partial charge in [-0.3, -0.25) is 0 Å². The summed E-state index contributed by atoms with van der Waals surface area (Å²) in [5.41, 5.74) is 9.04. The van der Waals surface area contributed by atoms with Crippen molar-refractivity contribution in [3.05, 3.63) is 78.3 Å². The molecule has 4 heterocycles. The second-order valence-electron chi connectivity index (χ2n) is 7.12. The molecule has 0 aliphatic heterocycles. The molecule has 0 aliphatic rings. The van der Waals surface area contributed by atoms with Crippen molar-refractivity contribution in [1.82, 2.24) is 34.5 Å². The molecule has 0 aliphatic carbocycles. The van der Waals surface area contributed by atoms with Gasteiger partial charge in [0.2, 0.25) is 0 Å². The number of rotatable bonds is 4. The van der Waals surface area contributed by atoms with Crippen molar-refractivity contribution in [2.24, 2.45) is 0 Å². The van der Waals surface area contributed by atoms with Crippen LogP contribution in [0.4, 0.5) is 10.2 Å². The molecule has 10 heteroatoms. The average molecular weight is 425 g/mol. The predicted molar refractivity (Wildman–Crippen MR) is 115 cm³/mol. The van der Waals surface area contributed by atoms with Gasteiger partial charge >= 0.3 is 0 Å². The van der Waals surface area contributed by atoms with Crippen LogP contribution in [0, 0.1) is 17.1 Å². The van der Waals surface area contributed by atoms with Gasteiger partial charge in [-0.05, 0) is 31.2 Å². The third-order valence-electron chi connectivity index (χ3n) is 5.18. The third kappa shape index (κ3) is 3.13. The standard InChI is InChI=1S/C22H16FN9/c1-13(14-10-28-31(11-14)18-8-3-2-6-16(18)23)32-22-19(21(25)26-12-27-22)20(30-32)17-7-4-5-15(9-24)29-17/h2-8,10-13H,1H3,(H2,25,26,27). The Kier molecular flexibility index (Phi) is 4.56. The highest BCUT2D eigenvalue weighted by molar-refractivity contribution is 5.97. The zero-order valence-corrected chi connectivity index (χ0v) is 16.9. The molecule has 1 atom stereocenters. The van der Waals surface area contributed by atoms with Crippen molar-refractivity contribution in [2.75, 3.05) is 5.73 Å². The van der Waals surface area contributed by atoms with Gasteiger partial charge in [-0.15, -0.1) is 0 Å². The van der Waals surface area contributed by atoms with Gasteiger partial charge in [-0.25, -0.2) is 28.7 Å². The number of nitrogen functional groups attached to an aromatic ring is 1. The monoisotopic (exact) mass is 425 g/mol. The lowest BCUT2D eigenvalue weighted by Crippen LogP contribution is -2.09. The van der Waals surface area contributed by atoms with E-state index in [4.69, 9.17) is 10.8 Å². The summed E-state index contributed by atoms with van der Waals surface area (Å²) in [6.45, 7) is 1.93. The number of nitrogens with two attached hydrogens (primary N) is 1. The molecule has 0 bridgehead atoms. The molecular weight excluding hydrogens is 409 g/mol. The van der Waals surface area contributed by atoms with Crippen LogP contribution in [-0.4, -0.2) is 34.5 Å². The summed E-state index contributed by atoms with van der Waals surface area (Å²) in [4.78, 5) is 12.8. The van der Waals surface area contributed by atoms with Gasteiger partial charge in [0.1, 0.15) is 41.1 Å². The molecule has 1 unspecified atom stereocenters. The summed E-state index contributed by atoms with van der Waals surface area (Å²) in [6, 6.07) is 13.2. The number of aromatic nitrogens is 7. The van der Waals surface area contributed by atoms with E-state index in [-0.39, 0.29) is 23.4 Å². The van der Waals surface area contributed by atoms with Crippen molar-refractivity contribution in [1.29, 1.82) is 5.26 Å². The number of hydrogen-bond acceptors (Lipinski definition) is 7. The molecule has 0 spiro atoms. The van der Waals surface area contributed by atoms with Crippen LogP contribution in [0.2, 0.25) is 0 Å². The topological polar surface area (TPSA) is 124 Å².